The summed E-state index contributed by atoms with van der Waals surface area (Å²) < 4.78 is 14.1. The highest BCUT2D eigenvalue weighted by atomic mass is 79.9. The number of hydrogen-bond acceptors (Lipinski definition) is 1. The van der Waals surface area contributed by atoms with Crippen molar-refractivity contribution >= 4 is 27.3 Å². The van der Waals surface area contributed by atoms with Crippen LogP contribution in [0.25, 0.3) is 5.57 Å². The van der Waals surface area contributed by atoms with Crippen molar-refractivity contribution in [3.05, 3.63) is 40.1 Å². The Morgan fingerprint density at radius 1 is 1.43 bits per heavy atom. The smallest absolute Gasteiger partial charge is 0.152 e. The quantitative estimate of drug-likeness (QED) is 0.740. The molecule has 1 aromatic carbocycles. The Morgan fingerprint density at radius 3 is 2.64 bits per heavy atom. The molecule has 0 atom stereocenters. The van der Waals surface area contributed by atoms with Gasteiger partial charge in [0.25, 0.3) is 0 Å². The van der Waals surface area contributed by atoms with E-state index in [9.17, 15) is 9.18 Å². The Hall–Kier alpha value is -0.960. The first-order valence-electron chi connectivity index (χ1n) is 4.15. The van der Waals surface area contributed by atoms with Crippen molar-refractivity contribution in [2.75, 3.05) is 0 Å². The van der Waals surface area contributed by atoms with Gasteiger partial charge in [-0.05, 0) is 43.7 Å². The number of hydrogen-bond donors (Lipinski definition) is 0. The molecule has 0 saturated carbocycles. The average molecular weight is 257 g/mol. The Morgan fingerprint density at radius 2 is 2.07 bits per heavy atom. The molecule has 0 unspecified atom stereocenters. The molecule has 0 fully saturated rings. The monoisotopic (exact) mass is 256 g/mol. The Labute approximate surface area is 90.8 Å². The largest absolute Gasteiger partial charge is 0.295 e. The summed E-state index contributed by atoms with van der Waals surface area (Å²) in [6.45, 7) is 3.16. The standard InChI is InChI=1S/C11H10BrFO/c1-7(5-8(2)14)10-6-9(12)3-4-11(10)13/h3-6H,1-2H3/b7-5-. The van der Waals surface area contributed by atoms with Crippen molar-refractivity contribution in [1.82, 2.24) is 0 Å². The highest BCUT2D eigenvalue weighted by Crippen LogP contribution is 2.22. The van der Waals surface area contributed by atoms with Crippen molar-refractivity contribution in [2.45, 2.75) is 13.8 Å². The minimum Gasteiger partial charge on any atom is -0.295 e. The first-order chi connectivity index (χ1) is 6.50. The molecule has 0 N–H and O–H groups in total. The molecule has 0 saturated heterocycles. The van der Waals surface area contributed by atoms with Crippen LogP contribution in [0.15, 0.2) is 28.7 Å². The summed E-state index contributed by atoms with van der Waals surface area (Å²) in [6, 6.07) is 4.65. The Bertz CT molecular complexity index is 396. The molecule has 0 spiro atoms. The van der Waals surface area contributed by atoms with Crippen LogP contribution in [0.3, 0.4) is 0 Å². The van der Waals surface area contributed by atoms with E-state index in [1.54, 1.807) is 19.1 Å². The van der Waals surface area contributed by atoms with Gasteiger partial charge in [-0.3, -0.25) is 4.79 Å². The molecule has 1 rings (SSSR count). The molecule has 0 aliphatic rings. The van der Waals surface area contributed by atoms with Gasteiger partial charge >= 0.3 is 0 Å². The highest BCUT2D eigenvalue weighted by molar-refractivity contribution is 9.10. The number of halogens is 2. The van der Waals surface area contributed by atoms with Crippen molar-refractivity contribution in [2.24, 2.45) is 0 Å². The van der Waals surface area contributed by atoms with Gasteiger partial charge in [-0.15, -0.1) is 0 Å². The fourth-order valence-corrected chi connectivity index (χ4v) is 1.54. The SMILES string of the molecule is CC(=O)/C=C(/C)c1cc(Br)ccc1F. The first kappa shape index (κ1) is 11.1. The van der Waals surface area contributed by atoms with Crippen molar-refractivity contribution in [3.8, 4) is 0 Å². The molecule has 0 aromatic heterocycles. The minimum atomic E-state index is -0.316. The molecule has 1 aromatic rings. The van der Waals surface area contributed by atoms with Crippen LogP contribution in [0.2, 0.25) is 0 Å². The minimum absolute atomic E-state index is 0.0816. The second kappa shape index (κ2) is 4.51. The van der Waals surface area contributed by atoms with Crippen LogP contribution in [-0.2, 0) is 4.79 Å². The average Bonchev–Trinajstić information content (AvgIpc) is 2.08. The summed E-state index contributed by atoms with van der Waals surface area (Å²) in [6.07, 6.45) is 1.42. The van der Waals surface area contributed by atoms with Crippen LogP contribution in [-0.4, -0.2) is 5.78 Å². The van der Waals surface area contributed by atoms with Gasteiger partial charge in [-0.1, -0.05) is 15.9 Å². The van der Waals surface area contributed by atoms with Gasteiger partial charge in [-0.25, -0.2) is 4.39 Å². The zero-order chi connectivity index (χ0) is 10.7. The molecular weight excluding hydrogens is 247 g/mol. The molecule has 1 nitrogen and oxygen atoms in total. The molecule has 0 aliphatic carbocycles. The number of benzene rings is 1. The number of rotatable bonds is 2. The number of allylic oxidation sites excluding steroid dienone is 2. The predicted octanol–water partition coefficient (Wildman–Crippen LogP) is 3.58. The van der Waals surface area contributed by atoms with Crippen molar-refractivity contribution in [3.63, 3.8) is 0 Å². The summed E-state index contributed by atoms with van der Waals surface area (Å²) >= 11 is 3.25. The molecule has 0 heterocycles. The van der Waals surface area contributed by atoms with Crippen LogP contribution in [0.1, 0.15) is 19.4 Å². The van der Waals surface area contributed by atoms with Crippen LogP contribution < -0.4 is 0 Å². The lowest BCUT2D eigenvalue weighted by Gasteiger charge is -2.03. The van der Waals surface area contributed by atoms with Crippen molar-refractivity contribution < 1.29 is 9.18 Å². The molecule has 74 valence electrons. The number of carbonyl (C=O) groups excluding carboxylic acids is 1. The third kappa shape index (κ3) is 2.77. The van der Waals surface area contributed by atoms with Gasteiger partial charge in [0.15, 0.2) is 5.78 Å². The molecule has 0 amide bonds. The van der Waals surface area contributed by atoms with E-state index in [2.05, 4.69) is 15.9 Å². The second-order valence-electron chi connectivity index (χ2n) is 3.06. The molecule has 0 bridgehead atoms. The van der Waals surface area contributed by atoms with E-state index in [1.165, 1.54) is 19.1 Å². The van der Waals surface area contributed by atoms with E-state index >= 15 is 0 Å². The summed E-state index contributed by atoms with van der Waals surface area (Å²) in [5.74, 6) is -0.398. The van der Waals surface area contributed by atoms with Crippen molar-refractivity contribution in [1.29, 1.82) is 0 Å². The maximum absolute atomic E-state index is 13.3. The normalized spacial score (nSPS) is 11.6. The van der Waals surface area contributed by atoms with E-state index in [0.717, 1.165) is 4.47 Å². The van der Waals surface area contributed by atoms with Gasteiger partial charge < -0.3 is 0 Å². The molecule has 14 heavy (non-hydrogen) atoms. The van der Waals surface area contributed by atoms with E-state index in [4.69, 9.17) is 0 Å². The van der Waals surface area contributed by atoms with Gasteiger partial charge in [0.05, 0.1) is 0 Å². The summed E-state index contributed by atoms with van der Waals surface area (Å²) in [4.78, 5) is 10.8. The van der Waals surface area contributed by atoms with Gasteiger partial charge in [0.2, 0.25) is 0 Å². The van der Waals surface area contributed by atoms with E-state index in [1.807, 2.05) is 0 Å². The maximum Gasteiger partial charge on any atom is 0.152 e. The topological polar surface area (TPSA) is 17.1 Å². The number of ketones is 1. The molecule has 3 heteroatoms. The van der Waals surface area contributed by atoms with Gasteiger partial charge in [0, 0.05) is 10.0 Å². The van der Waals surface area contributed by atoms with Crippen LogP contribution >= 0.6 is 15.9 Å². The predicted molar refractivity (Wildman–Crippen MR) is 58.4 cm³/mol. The van der Waals surface area contributed by atoms with Gasteiger partial charge in [-0.2, -0.15) is 0 Å². The fourth-order valence-electron chi connectivity index (χ4n) is 1.18. The Kier molecular flexibility index (Phi) is 3.58. The molecule has 0 aliphatic heterocycles. The zero-order valence-corrected chi connectivity index (χ0v) is 9.56. The van der Waals surface area contributed by atoms with Crippen LogP contribution in [0, 0.1) is 5.82 Å². The maximum atomic E-state index is 13.3. The number of carbonyl (C=O) groups is 1. The molecular formula is C11H10BrFO. The second-order valence-corrected chi connectivity index (χ2v) is 3.98. The summed E-state index contributed by atoms with van der Waals surface area (Å²) in [7, 11) is 0. The third-order valence-corrected chi connectivity index (χ3v) is 2.27. The van der Waals surface area contributed by atoms with E-state index in [0.29, 0.717) is 11.1 Å². The van der Waals surface area contributed by atoms with Crippen LogP contribution in [0.5, 0.6) is 0 Å². The van der Waals surface area contributed by atoms with Crippen LogP contribution in [0.4, 0.5) is 4.39 Å². The first-order valence-corrected chi connectivity index (χ1v) is 4.94. The van der Waals surface area contributed by atoms with E-state index in [-0.39, 0.29) is 11.6 Å². The van der Waals surface area contributed by atoms with Gasteiger partial charge in [0.1, 0.15) is 5.82 Å². The zero-order valence-electron chi connectivity index (χ0n) is 7.97. The summed E-state index contributed by atoms with van der Waals surface area (Å²) in [5.41, 5.74) is 1.09. The summed E-state index contributed by atoms with van der Waals surface area (Å²) in [5, 5.41) is 0. The molecule has 0 radical (unpaired) electrons. The highest BCUT2D eigenvalue weighted by Gasteiger charge is 2.04. The lowest BCUT2D eigenvalue weighted by Crippen LogP contribution is -1.90. The lowest BCUT2D eigenvalue weighted by atomic mass is 10.1. The lowest BCUT2D eigenvalue weighted by molar-refractivity contribution is -0.112. The van der Waals surface area contributed by atoms with E-state index < -0.39 is 0 Å². The third-order valence-electron chi connectivity index (χ3n) is 1.77. The fraction of sp³-hybridized carbons (Fsp3) is 0.182. The Balaban J connectivity index is 3.18.